The Morgan fingerprint density at radius 2 is 1.81 bits per heavy atom. The molecule has 0 heteroatoms. The van der Waals surface area contributed by atoms with Crippen molar-refractivity contribution in [1.82, 2.24) is 0 Å². The van der Waals surface area contributed by atoms with Gasteiger partial charge in [0.25, 0.3) is 0 Å². The predicted octanol–water partition coefficient (Wildman–Crippen LogP) is 5.81. The van der Waals surface area contributed by atoms with Crippen LogP contribution in [0.1, 0.15) is 85.0 Å². The van der Waals surface area contributed by atoms with Gasteiger partial charge in [-0.3, -0.25) is 0 Å². The first kappa shape index (κ1) is 14.1. The third kappa shape index (κ3) is 5.37. The Bertz CT molecular complexity index is 161. The molecule has 0 aromatic rings. The van der Waals surface area contributed by atoms with Gasteiger partial charge >= 0.3 is 0 Å². The Kier molecular flexibility index (Phi) is 7.16. The number of rotatable bonds is 6. The first-order valence-corrected chi connectivity index (χ1v) is 7.74. The standard InChI is InChI=1S/C16H32/c1-4-14(2)10-8-9-13-16-12-7-5-6-11-15(16)3/h14-16H,4-13H2,1-3H3. The lowest BCUT2D eigenvalue weighted by Crippen LogP contribution is -2.10. The summed E-state index contributed by atoms with van der Waals surface area (Å²) in [5.41, 5.74) is 0. The van der Waals surface area contributed by atoms with Crippen molar-refractivity contribution >= 4 is 0 Å². The summed E-state index contributed by atoms with van der Waals surface area (Å²) < 4.78 is 0. The topological polar surface area (TPSA) is 0 Å². The van der Waals surface area contributed by atoms with Crippen LogP contribution in [0.2, 0.25) is 0 Å². The molecule has 96 valence electrons. The van der Waals surface area contributed by atoms with Crippen LogP contribution in [0.15, 0.2) is 0 Å². The van der Waals surface area contributed by atoms with Crippen LogP contribution in [0, 0.1) is 17.8 Å². The molecular weight excluding hydrogens is 192 g/mol. The normalized spacial score (nSPS) is 28.7. The van der Waals surface area contributed by atoms with E-state index in [0.717, 1.165) is 17.8 Å². The van der Waals surface area contributed by atoms with Gasteiger partial charge in [-0.25, -0.2) is 0 Å². The van der Waals surface area contributed by atoms with Crippen LogP contribution in [0.3, 0.4) is 0 Å². The van der Waals surface area contributed by atoms with E-state index in [1.165, 1.54) is 64.2 Å². The van der Waals surface area contributed by atoms with Crippen molar-refractivity contribution in [2.75, 3.05) is 0 Å². The second kappa shape index (κ2) is 8.14. The van der Waals surface area contributed by atoms with E-state index in [1.807, 2.05) is 0 Å². The van der Waals surface area contributed by atoms with Crippen LogP contribution in [0.4, 0.5) is 0 Å². The van der Waals surface area contributed by atoms with E-state index in [2.05, 4.69) is 20.8 Å². The first-order chi connectivity index (χ1) is 7.74. The largest absolute Gasteiger partial charge is 0.0651 e. The summed E-state index contributed by atoms with van der Waals surface area (Å²) in [6, 6.07) is 0. The summed E-state index contributed by atoms with van der Waals surface area (Å²) in [5, 5.41) is 0. The lowest BCUT2D eigenvalue weighted by Gasteiger charge is -2.21. The summed E-state index contributed by atoms with van der Waals surface area (Å²) in [4.78, 5) is 0. The van der Waals surface area contributed by atoms with Crippen LogP contribution in [0.25, 0.3) is 0 Å². The molecule has 0 aromatic heterocycles. The van der Waals surface area contributed by atoms with Gasteiger partial charge in [0.1, 0.15) is 0 Å². The van der Waals surface area contributed by atoms with Crippen LogP contribution >= 0.6 is 0 Å². The van der Waals surface area contributed by atoms with Gasteiger partial charge in [-0.15, -0.1) is 0 Å². The van der Waals surface area contributed by atoms with E-state index < -0.39 is 0 Å². The van der Waals surface area contributed by atoms with Crippen LogP contribution < -0.4 is 0 Å². The molecule has 0 saturated heterocycles. The molecule has 0 amide bonds. The van der Waals surface area contributed by atoms with E-state index in [-0.39, 0.29) is 0 Å². The molecule has 0 aromatic carbocycles. The van der Waals surface area contributed by atoms with E-state index in [1.54, 1.807) is 0 Å². The highest BCUT2D eigenvalue weighted by molar-refractivity contribution is 4.71. The van der Waals surface area contributed by atoms with Gasteiger partial charge in [0, 0.05) is 0 Å². The molecule has 0 bridgehead atoms. The number of unbranched alkanes of at least 4 members (excludes halogenated alkanes) is 1. The van der Waals surface area contributed by atoms with Crippen molar-refractivity contribution in [1.29, 1.82) is 0 Å². The maximum absolute atomic E-state index is 2.49. The maximum atomic E-state index is 2.49. The fourth-order valence-corrected chi connectivity index (χ4v) is 3.10. The van der Waals surface area contributed by atoms with Crippen molar-refractivity contribution in [3.63, 3.8) is 0 Å². The first-order valence-electron chi connectivity index (χ1n) is 7.74. The van der Waals surface area contributed by atoms with Crippen LogP contribution in [0.5, 0.6) is 0 Å². The summed E-state index contributed by atoms with van der Waals surface area (Å²) in [7, 11) is 0. The summed E-state index contributed by atoms with van der Waals surface area (Å²) >= 11 is 0. The number of hydrogen-bond donors (Lipinski definition) is 0. The zero-order valence-electron chi connectivity index (χ0n) is 11.8. The molecule has 1 aliphatic rings. The average molecular weight is 224 g/mol. The third-order valence-electron chi connectivity index (χ3n) is 4.76. The molecule has 3 unspecified atom stereocenters. The molecular formula is C16H32. The van der Waals surface area contributed by atoms with Gasteiger partial charge in [-0.05, 0) is 17.8 Å². The van der Waals surface area contributed by atoms with Crippen molar-refractivity contribution in [3.05, 3.63) is 0 Å². The highest BCUT2D eigenvalue weighted by atomic mass is 14.2. The molecule has 0 nitrogen and oxygen atoms in total. The van der Waals surface area contributed by atoms with E-state index in [0.29, 0.717) is 0 Å². The van der Waals surface area contributed by atoms with Crippen LogP contribution in [-0.2, 0) is 0 Å². The molecule has 1 rings (SSSR count). The van der Waals surface area contributed by atoms with Crippen molar-refractivity contribution in [2.45, 2.75) is 85.0 Å². The third-order valence-corrected chi connectivity index (χ3v) is 4.76. The molecule has 16 heavy (non-hydrogen) atoms. The molecule has 1 aliphatic carbocycles. The zero-order chi connectivity index (χ0) is 11.8. The highest BCUT2D eigenvalue weighted by Gasteiger charge is 2.19. The summed E-state index contributed by atoms with van der Waals surface area (Å²) in [6.07, 6.45) is 14.8. The Morgan fingerprint density at radius 1 is 1.06 bits per heavy atom. The lowest BCUT2D eigenvalue weighted by molar-refractivity contribution is 0.303. The zero-order valence-corrected chi connectivity index (χ0v) is 11.8. The fraction of sp³-hybridized carbons (Fsp3) is 1.00. The fourth-order valence-electron chi connectivity index (χ4n) is 3.10. The Balaban J connectivity index is 2.10. The predicted molar refractivity (Wildman–Crippen MR) is 73.7 cm³/mol. The highest BCUT2D eigenvalue weighted by Crippen LogP contribution is 2.32. The molecule has 0 spiro atoms. The number of hydrogen-bond acceptors (Lipinski definition) is 0. The van der Waals surface area contributed by atoms with Crippen molar-refractivity contribution in [3.8, 4) is 0 Å². The molecule has 1 saturated carbocycles. The minimum Gasteiger partial charge on any atom is -0.0651 e. The van der Waals surface area contributed by atoms with Gasteiger partial charge in [-0.2, -0.15) is 0 Å². The SMILES string of the molecule is CCC(C)CCCCC1CCCCCC1C. The molecule has 3 atom stereocenters. The maximum Gasteiger partial charge on any atom is -0.0388 e. The molecule has 1 fully saturated rings. The molecule has 0 heterocycles. The lowest BCUT2D eigenvalue weighted by atomic mass is 9.85. The van der Waals surface area contributed by atoms with Crippen molar-refractivity contribution in [2.24, 2.45) is 17.8 Å². The van der Waals surface area contributed by atoms with Gasteiger partial charge in [0.15, 0.2) is 0 Å². The average Bonchev–Trinajstić information content (AvgIpc) is 2.49. The molecule has 0 radical (unpaired) electrons. The van der Waals surface area contributed by atoms with Gasteiger partial charge in [0.2, 0.25) is 0 Å². The monoisotopic (exact) mass is 224 g/mol. The molecule has 0 aliphatic heterocycles. The smallest absolute Gasteiger partial charge is 0.0388 e. The van der Waals surface area contributed by atoms with Gasteiger partial charge < -0.3 is 0 Å². The minimum atomic E-state index is 0.951. The van der Waals surface area contributed by atoms with Gasteiger partial charge in [0.05, 0.1) is 0 Å². The summed E-state index contributed by atoms with van der Waals surface area (Å²) in [5.74, 6) is 3.01. The van der Waals surface area contributed by atoms with Gasteiger partial charge in [-0.1, -0.05) is 85.0 Å². The quantitative estimate of drug-likeness (QED) is 0.394. The van der Waals surface area contributed by atoms with E-state index >= 15 is 0 Å². The Morgan fingerprint density at radius 3 is 2.56 bits per heavy atom. The Hall–Kier alpha value is 0. The van der Waals surface area contributed by atoms with Crippen molar-refractivity contribution < 1.29 is 0 Å². The van der Waals surface area contributed by atoms with E-state index in [9.17, 15) is 0 Å². The van der Waals surface area contributed by atoms with E-state index in [4.69, 9.17) is 0 Å². The Labute approximate surface area is 103 Å². The second-order valence-corrected chi connectivity index (χ2v) is 6.17. The second-order valence-electron chi connectivity index (χ2n) is 6.17. The molecule has 0 N–H and O–H groups in total. The van der Waals surface area contributed by atoms with Crippen LogP contribution in [-0.4, -0.2) is 0 Å². The minimum absolute atomic E-state index is 0.951. The summed E-state index contributed by atoms with van der Waals surface area (Å²) in [6.45, 7) is 7.21.